The third-order valence-electron chi connectivity index (χ3n) is 4.18. The molecule has 0 N–H and O–H groups in total. The molecule has 4 rings (SSSR count). The molecule has 1 atom stereocenters. The number of ether oxygens (including phenoxy) is 1. The van der Waals surface area contributed by atoms with Gasteiger partial charge in [-0.3, -0.25) is 0 Å². The molecule has 6 heteroatoms. The minimum absolute atomic E-state index is 0.110. The van der Waals surface area contributed by atoms with E-state index in [4.69, 9.17) is 4.74 Å². The molecule has 0 saturated carbocycles. The normalized spacial score (nSPS) is 22.9. The molecule has 2 aliphatic heterocycles. The molecule has 4 heterocycles. The Kier molecular flexibility index (Phi) is 3.65. The maximum atomic E-state index is 5.78. The molecule has 112 valence electrons. The van der Waals surface area contributed by atoms with Crippen LogP contribution in [0.25, 0.3) is 10.6 Å². The Labute approximate surface area is 128 Å². The Hall–Kier alpha value is -1.40. The highest BCUT2D eigenvalue weighted by Gasteiger charge is 2.19. The minimum atomic E-state index is 0.110. The van der Waals surface area contributed by atoms with Gasteiger partial charge >= 0.3 is 0 Å². The molecule has 5 nitrogen and oxygen atoms in total. The van der Waals surface area contributed by atoms with Crippen molar-refractivity contribution in [2.24, 2.45) is 0 Å². The largest absolute Gasteiger partial charge is 0.357 e. The number of hydrogen-bond acceptors (Lipinski definition) is 5. The molecule has 2 saturated heterocycles. The van der Waals surface area contributed by atoms with E-state index in [0.29, 0.717) is 0 Å². The van der Waals surface area contributed by atoms with Gasteiger partial charge in [0, 0.05) is 32.1 Å². The molecule has 1 unspecified atom stereocenters. The molecule has 2 aromatic heterocycles. The lowest BCUT2D eigenvalue weighted by molar-refractivity contribution is -0.0393. The summed E-state index contributed by atoms with van der Waals surface area (Å²) in [5.41, 5.74) is 1.01. The highest BCUT2D eigenvalue weighted by molar-refractivity contribution is 7.18. The summed E-state index contributed by atoms with van der Waals surface area (Å²) in [5, 5.41) is 5.82. The molecule has 0 spiro atoms. The summed E-state index contributed by atoms with van der Waals surface area (Å²) in [7, 11) is 0. The molecule has 0 aliphatic carbocycles. The predicted octanol–water partition coefficient (Wildman–Crippen LogP) is 3.31. The Bertz CT molecular complexity index is 596. The highest BCUT2D eigenvalue weighted by Crippen LogP contribution is 2.32. The van der Waals surface area contributed by atoms with Gasteiger partial charge in [0.05, 0.1) is 4.88 Å². The van der Waals surface area contributed by atoms with E-state index >= 15 is 0 Å². The van der Waals surface area contributed by atoms with Crippen LogP contribution in [-0.2, 0) is 4.74 Å². The number of rotatable bonds is 3. The standard InChI is InChI=1S/C15H20N4OS/c1-4-10-20-14(5-1)19-9-6-12(17-19)13-11-16-15(21-13)18-7-2-3-8-18/h6,9,11,14H,1-5,7-8,10H2. The summed E-state index contributed by atoms with van der Waals surface area (Å²) in [6.45, 7) is 3.12. The number of nitrogens with zero attached hydrogens (tertiary/aromatic N) is 4. The fourth-order valence-corrected chi connectivity index (χ4v) is 3.93. The monoisotopic (exact) mass is 304 g/mol. The molecule has 2 aliphatic rings. The number of anilines is 1. The van der Waals surface area contributed by atoms with Gasteiger partial charge in [-0.05, 0) is 38.2 Å². The lowest BCUT2D eigenvalue weighted by Gasteiger charge is -2.22. The van der Waals surface area contributed by atoms with Gasteiger partial charge in [0.15, 0.2) is 5.13 Å². The molecule has 0 bridgehead atoms. The van der Waals surface area contributed by atoms with E-state index in [-0.39, 0.29) is 6.23 Å². The Morgan fingerprint density at radius 2 is 2.10 bits per heavy atom. The smallest absolute Gasteiger partial charge is 0.185 e. The van der Waals surface area contributed by atoms with E-state index in [1.165, 1.54) is 25.7 Å². The number of aromatic nitrogens is 3. The van der Waals surface area contributed by atoms with Crippen LogP contribution in [0.3, 0.4) is 0 Å². The molecule has 2 fully saturated rings. The summed E-state index contributed by atoms with van der Waals surface area (Å²) < 4.78 is 7.74. The first-order chi connectivity index (χ1) is 10.4. The summed E-state index contributed by atoms with van der Waals surface area (Å²) >= 11 is 1.74. The Balaban J connectivity index is 1.52. The van der Waals surface area contributed by atoms with Crippen LogP contribution in [-0.4, -0.2) is 34.5 Å². The van der Waals surface area contributed by atoms with Crippen LogP contribution in [0.4, 0.5) is 5.13 Å². The van der Waals surface area contributed by atoms with Crippen LogP contribution in [0.5, 0.6) is 0 Å². The van der Waals surface area contributed by atoms with Crippen molar-refractivity contribution in [2.75, 3.05) is 24.6 Å². The van der Waals surface area contributed by atoms with E-state index in [9.17, 15) is 0 Å². The van der Waals surface area contributed by atoms with Crippen molar-refractivity contribution >= 4 is 16.5 Å². The van der Waals surface area contributed by atoms with Crippen LogP contribution < -0.4 is 4.90 Å². The number of thiazole rings is 1. The zero-order valence-corrected chi connectivity index (χ0v) is 12.9. The third kappa shape index (κ3) is 2.70. The van der Waals surface area contributed by atoms with E-state index in [2.05, 4.69) is 21.0 Å². The lowest BCUT2D eigenvalue weighted by atomic mass is 10.2. The maximum Gasteiger partial charge on any atom is 0.185 e. The molecular formula is C15H20N4OS. The average Bonchev–Trinajstić information content (AvgIpc) is 3.27. The van der Waals surface area contributed by atoms with Crippen LogP contribution in [0, 0.1) is 0 Å². The number of hydrogen-bond donors (Lipinski definition) is 0. The van der Waals surface area contributed by atoms with Gasteiger partial charge in [-0.25, -0.2) is 9.67 Å². The Morgan fingerprint density at radius 1 is 1.19 bits per heavy atom. The van der Waals surface area contributed by atoms with Gasteiger partial charge in [-0.2, -0.15) is 5.10 Å². The van der Waals surface area contributed by atoms with Gasteiger partial charge < -0.3 is 9.64 Å². The summed E-state index contributed by atoms with van der Waals surface area (Å²) in [4.78, 5) is 8.08. The summed E-state index contributed by atoms with van der Waals surface area (Å²) in [5.74, 6) is 0. The molecule has 21 heavy (non-hydrogen) atoms. The Morgan fingerprint density at radius 3 is 2.90 bits per heavy atom. The second-order valence-corrected chi connectivity index (χ2v) is 6.71. The SMILES string of the molecule is c1cn(C2CCCCO2)nc1-c1cnc(N2CCCC2)s1. The van der Waals surface area contributed by atoms with Crippen molar-refractivity contribution in [3.05, 3.63) is 18.5 Å². The fraction of sp³-hybridized carbons (Fsp3) is 0.600. The molecule has 0 aromatic carbocycles. The molecule has 2 aromatic rings. The quantitative estimate of drug-likeness (QED) is 0.872. The highest BCUT2D eigenvalue weighted by atomic mass is 32.1. The van der Waals surface area contributed by atoms with Crippen LogP contribution >= 0.6 is 11.3 Å². The maximum absolute atomic E-state index is 5.78. The second-order valence-electron chi connectivity index (χ2n) is 5.70. The van der Waals surface area contributed by atoms with E-state index in [1.807, 2.05) is 17.1 Å². The summed E-state index contributed by atoms with van der Waals surface area (Å²) in [6, 6.07) is 2.07. The van der Waals surface area contributed by atoms with Gasteiger partial charge in [0.2, 0.25) is 0 Å². The van der Waals surface area contributed by atoms with Crippen molar-refractivity contribution in [1.82, 2.24) is 14.8 Å². The molecular weight excluding hydrogens is 284 g/mol. The van der Waals surface area contributed by atoms with E-state index in [1.54, 1.807) is 11.3 Å². The van der Waals surface area contributed by atoms with Crippen molar-refractivity contribution in [3.63, 3.8) is 0 Å². The zero-order valence-electron chi connectivity index (χ0n) is 12.1. The van der Waals surface area contributed by atoms with Crippen LogP contribution in [0.15, 0.2) is 18.5 Å². The predicted molar refractivity (Wildman–Crippen MR) is 83.6 cm³/mol. The lowest BCUT2D eigenvalue weighted by Crippen LogP contribution is -2.18. The van der Waals surface area contributed by atoms with Crippen molar-refractivity contribution in [3.8, 4) is 10.6 Å². The second kappa shape index (κ2) is 5.77. The summed E-state index contributed by atoms with van der Waals surface area (Å²) in [6.07, 6.45) is 10.1. The van der Waals surface area contributed by atoms with Gasteiger partial charge in [-0.1, -0.05) is 11.3 Å². The topological polar surface area (TPSA) is 43.2 Å². The van der Waals surface area contributed by atoms with E-state index < -0.39 is 0 Å². The van der Waals surface area contributed by atoms with Crippen molar-refractivity contribution in [2.45, 2.75) is 38.3 Å². The first-order valence-corrected chi connectivity index (χ1v) is 8.60. The van der Waals surface area contributed by atoms with E-state index in [0.717, 1.165) is 41.8 Å². The van der Waals surface area contributed by atoms with Crippen molar-refractivity contribution < 1.29 is 4.74 Å². The third-order valence-corrected chi connectivity index (χ3v) is 5.26. The van der Waals surface area contributed by atoms with Crippen LogP contribution in [0.2, 0.25) is 0 Å². The first kappa shape index (κ1) is 13.3. The van der Waals surface area contributed by atoms with Crippen molar-refractivity contribution in [1.29, 1.82) is 0 Å². The first-order valence-electron chi connectivity index (χ1n) is 7.78. The molecule has 0 amide bonds. The van der Waals surface area contributed by atoms with Gasteiger partial charge in [0.25, 0.3) is 0 Å². The van der Waals surface area contributed by atoms with Crippen LogP contribution in [0.1, 0.15) is 38.3 Å². The average molecular weight is 304 g/mol. The molecule has 0 radical (unpaired) electrons. The minimum Gasteiger partial charge on any atom is -0.357 e. The van der Waals surface area contributed by atoms with Gasteiger partial charge in [0.1, 0.15) is 11.9 Å². The van der Waals surface area contributed by atoms with Gasteiger partial charge in [-0.15, -0.1) is 0 Å². The zero-order chi connectivity index (χ0) is 14.1. The fourth-order valence-electron chi connectivity index (χ4n) is 3.00.